The number of esters is 1. The third-order valence-corrected chi connectivity index (χ3v) is 4.08. The number of rotatable bonds is 3. The second-order valence-corrected chi connectivity index (χ2v) is 5.06. The molecule has 1 aromatic rings. The molecule has 4 heteroatoms. The van der Waals surface area contributed by atoms with Crippen molar-refractivity contribution in [1.82, 2.24) is 5.32 Å². The third-order valence-electron chi connectivity index (χ3n) is 3.56. The minimum Gasteiger partial charge on any atom is -0.466 e. The van der Waals surface area contributed by atoms with Gasteiger partial charge < -0.3 is 10.1 Å². The van der Waals surface area contributed by atoms with E-state index in [1.165, 1.54) is 7.11 Å². The van der Waals surface area contributed by atoms with Crippen LogP contribution < -0.4 is 5.32 Å². The number of carbonyl (C=O) groups is 1. The molecule has 1 N–H and O–H groups in total. The number of halogens is 1. The maximum atomic E-state index is 12.0. The largest absolute Gasteiger partial charge is 0.466 e. The molecule has 0 aromatic heterocycles. The zero-order valence-corrected chi connectivity index (χ0v) is 11.9. The Hall–Kier alpha value is -1.32. The van der Waals surface area contributed by atoms with Gasteiger partial charge in [-0.3, -0.25) is 0 Å². The number of alkyl halides is 1. The van der Waals surface area contributed by atoms with E-state index >= 15 is 0 Å². The molecule has 1 aliphatic rings. The molecular weight excluding hydrogens is 262 g/mol. The van der Waals surface area contributed by atoms with E-state index in [1.54, 1.807) is 0 Å². The van der Waals surface area contributed by atoms with Crippen LogP contribution in [0.1, 0.15) is 18.4 Å². The van der Waals surface area contributed by atoms with Gasteiger partial charge >= 0.3 is 5.97 Å². The van der Waals surface area contributed by atoms with Crippen molar-refractivity contribution in [3.05, 3.63) is 41.5 Å². The van der Waals surface area contributed by atoms with Crippen molar-refractivity contribution in [3.8, 4) is 0 Å². The molecule has 2 atom stereocenters. The van der Waals surface area contributed by atoms with Gasteiger partial charge in [0.25, 0.3) is 0 Å². The highest BCUT2D eigenvalue weighted by atomic mass is 35.5. The van der Waals surface area contributed by atoms with E-state index in [-0.39, 0.29) is 17.4 Å². The van der Waals surface area contributed by atoms with Crippen LogP contribution in [0.15, 0.2) is 35.9 Å². The summed E-state index contributed by atoms with van der Waals surface area (Å²) in [5.74, 6) is -0.334. The van der Waals surface area contributed by atoms with Gasteiger partial charge in [-0.15, -0.1) is 11.6 Å². The standard InChI is InChI=1S/C15H18ClNO2/c1-17-12-9-8-11(10-6-4-3-5-7-10)13(14(12)16)15(18)19-2/h3-7,12,14,17H,8-9H2,1-2H3. The SMILES string of the molecule is CNC1CCC(c2ccccc2)=C(C(=O)OC)C1Cl. The van der Waals surface area contributed by atoms with Crippen LogP contribution in [0.4, 0.5) is 0 Å². The van der Waals surface area contributed by atoms with E-state index in [0.29, 0.717) is 5.57 Å². The van der Waals surface area contributed by atoms with Crippen molar-refractivity contribution in [2.75, 3.05) is 14.2 Å². The fraction of sp³-hybridized carbons (Fsp3) is 0.400. The molecule has 0 heterocycles. The minimum absolute atomic E-state index is 0.100. The quantitative estimate of drug-likeness (QED) is 0.683. The molecule has 102 valence electrons. The number of nitrogens with one attached hydrogen (secondary N) is 1. The summed E-state index contributed by atoms with van der Waals surface area (Å²) in [6.45, 7) is 0. The Morgan fingerprint density at radius 2 is 2.05 bits per heavy atom. The van der Waals surface area contributed by atoms with Crippen molar-refractivity contribution in [3.63, 3.8) is 0 Å². The summed E-state index contributed by atoms with van der Waals surface area (Å²) in [4.78, 5) is 12.0. The topological polar surface area (TPSA) is 38.3 Å². The molecule has 0 radical (unpaired) electrons. The monoisotopic (exact) mass is 279 g/mol. The molecule has 0 aliphatic heterocycles. The highest BCUT2D eigenvalue weighted by Gasteiger charge is 2.34. The zero-order valence-electron chi connectivity index (χ0n) is 11.2. The number of ether oxygens (including phenoxy) is 1. The molecule has 0 saturated carbocycles. The molecule has 2 rings (SSSR count). The summed E-state index contributed by atoms with van der Waals surface area (Å²) in [5, 5.41) is 2.80. The fourth-order valence-electron chi connectivity index (χ4n) is 2.52. The summed E-state index contributed by atoms with van der Waals surface area (Å²) < 4.78 is 4.90. The van der Waals surface area contributed by atoms with Crippen LogP contribution in [0.25, 0.3) is 5.57 Å². The average Bonchev–Trinajstić information content (AvgIpc) is 2.47. The lowest BCUT2D eigenvalue weighted by Gasteiger charge is -2.30. The maximum absolute atomic E-state index is 12.0. The maximum Gasteiger partial charge on any atom is 0.335 e. The van der Waals surface area contributed by atoms with Crippen LogP contribution in [0.5, 0.6) is 0 Å². The molecule has 19 heavy (non-hydrogen) atoms. The molecule has 2 unspecified atom stereocenters. The van der Waals surface area contributed by atoms with Gasteiger partial charge in [0.05, 0.1) is 18.1 Å². The predicted molar refractivity (Wildman–Crippen MR) is 77.1 cm³/mol. The van der Waals surface area contributed by atoms with Crippen LogP contribution in [0.2, 0.25) is 0 Å². The predicted octanol–water partition coefficient (Wildman–Crippen LogP) is 2.60. The fourth-order valence-corrected chi connectivity index (χ4v) is 3.00. The second kappa shape index (κ2) is 6.22. The molecule has 0 saturated heterocycles. The van der Waals surface area contributed by atoms with Crippen LogP contribution in [-0.4, -0.2) is 31.5 Å². The summed E-state index contributed by atoms with van der Waals surface area (Å²) in [7, 11) is 3.26. The van der Waals surface area contributed by atoms with Crippen molar-refractivity contribution >= 4 is 23.1 Å². The molecule has 0 amide bonds. The van der Waals surface area contributed by atoms with Gasteiger partial charge in [-0.05, 0) is 31.0 Å². The molecule has 3 nitrogen and oxygen atoms in total. The van der Waals surface area contributed by atoms with Crippen molar-refractivity contribution in [2.45, 2.75) is 24.3 Å². The third kappa shape index (κ3) is 2.82. The molecular formula is C15H18ClNO2. The number of benzene rings is 1. The summed E-state index contributed by atoms with van der Waals surface area (Å²) >= 11 is 6.45. The first-order valence-corrected chi connectivity index (χ1v) is 6.80. The van der Waals surface area contributed by atoms with Gasteiger partial charge in [-0.1, -0.05) is 30.3 Å². The van der Waals surface area contributed by atoms with Gasteiger partial charge in [0.15, 0.2) is 0 Å². The average molecular weight is 280 g/mol. The van der Waals surface area contributed by atoms with Crippen LogP contribution >= 0.6 is 11.6 Å². The Balaban J connectivity index is 2.48. The van der Waals surface area contributed by atoms with E-state index in [4.69, 9.17) is 16.3 Å². The lowest BCUT2D eigenvalue weighted by Crippen LogP contribution is -2.40. The Morgan fingerprint density at radius 1 is 1.37 bits per heavy atom. The van der Waals surface area contributed by atoms with E-state index in [1.807, 2.05) is 37.4 Å². The molecule has 0 fully saturated rings. The number of hydrogen-bond acceptors (Lipinski definition) is 3. The van der Waals surface area contributed by atoms with E-state index in [0.717, 1.165) is 24.0 Å². The summed E-state index contributed by atoms with van der Waals surface area (Å²) in [6.07, 6.45) is 1.73. The number of methoxy groups -OCH3 is 1. The van der Waals surface area contributed by atoms with Gasteiger partial charge in [0.2, 0.25) is 0 Å². The molecule has 0 bridgehead atoms. The Labute approximate surface area is 118 Å². The number of hydrogen-bond donors (Lipinski definition) is 1. The van der Waals surface area contributed by atoms with Gasteiger partial charge in [-0.25, -0.2) is 4.79 Å². The summed E-state index contributed by atoms with van der Waals surface area (Å²) in [5.41, 5.74) is 2.63. The Kier molecular flexibility index (Phi) is 4.61. The molecule has 1 aliphatic carbocycles. The van der Waals surface area contributed by atoms with Crippen LogP contribution in [0, 0.1) is 0 Å². The minimum atomic E-state index is -0.360. The van der Waals surface area contributed by atoms with Gasteiger partial charge in [0, 0.05) is 6.04 Å². The first kappa shape index (κ1) is 14.1. The normalized spacial score (nSPS) is 23.3. The smallest absolute Gasteiger partial charge is 0.335 e. The van der Waals surface area contributed by atoms with Crippen LogP contribution in [-0.2, 0) is 9.53 Å². The second-order valence-electron chi connectivity index (χ2n) is 4.59. The summed E-state index contributed by atoms with van der Waals surface area (Å²) in [6, 6.07) is 9.99. The Bertz CT molecular complexity index is 484. The Morgan fingerprint density at radius 3 is 2.63 bits per heavy atom. The van der Waals surface area contributed by atoms with Gasteiger partial charge in [0.1, 0.15) is 0 Å². The van der Waals surface area contributed by atoms with Crippen molar-refractivity contribution in [1.29, 1.82) is 0 Å². The number of carbonyl (C=O) groups excluding carboxylic acids is 1. The van der Waals surface area contributed by atoms with Crippen molar-refractivity contribution < 1.29 is 9.53 Å². The lowest BCUT2D eigenvalue weighted by atomic mass is 9.84. The van der Waals surface area contributed by atoms with E-state index in [9.17, 15) is 4.79 Å². The van der Waals surface area contributed by atoms with Crippen molar-refractivity contribution in [2.24, 2.45) is 0 Å². The van der Waals surface area contributed by atoms with Crippen LogP contribution in [0.3, 0.4) is 0 Å². The zero-order chi connectivity index (χ0) is 13.8. The first-order valence-electron chi connectivity index (χ1n) is 6.37. The molecule has 1 aromatic carbocycles. The highest BCUT2D eigenvalue weighted by Crippen LogP contribution is 2.35. The molecule has 0 spiro atoms. The van der Waals surface area contributed by atoms with E-state index < -0.39 is 0 Å². The van der Waals surface area contributed by atoms with Gasteiger partial charge in [-0.2, -0.15) is 0 Å². The lowest BCUT2D eigenvalue weighted by molar-refractivity contribution is -0.136. The highest BCUT2D eigenvalue weighted by molar-refractivity contribution is 6.27. The van der Waals surface area contributed by atoms with E-state index in [2.05, 4.69) is 5.32 Å². The first-order chi connectivity index (χ1) is 9.19. The number of allylic oxidation sites excluding steroid dienone is 1.